The van der Waals surface area contributed by atoms with Crippen molar-refractivity contribution in [1.82, 2.24) is 9.88 Å². The Kier molecular flexibility index (Phi) is 2.44. The van der Waals surface area contributed by atoms with E-state index in [1.165, 1.54) is 32.4 Å². The van der Waals surface area contributed by atoms with Crippen molar-refractivity contribution in [2.45, 2.75) is 31.3 Å². The van der Waals surface area contributed by atoms with Crippen molar-refractivity contribution in [2.75, 3.05) is 24.1 Å². The molecule has 3 heterocycles. The molecule has 3 N–H and O–H groups in total. The summed E-state index contributed by atoms with van der Waals surface area (Å²) in [6.45, 7) is 2.52. The normalized spacial score (nSPS) is 29.2. The van der Waals surface area contributed by atoms with E-state index >= 15 is 0 Å². The Morgan fingerprint density at radius 2 is 2.31 bits per heavy atom. The molecule has 16 heavy (non-hydrogen) atoms. The van der Waals surface area contributed by atoms with Crippen LogP contribution < -0.4 is 11.1 Å². The molecule has 4 nitrogen and oxygen atoms in total. The maximum absolute atomic E-state index is 5.68. The predicted octanol–water partition coefficient (Wildman–Crippen LogP) is 1.31. The highest BCUT2D eigenvalue weighted by atomic mass is 15.2. The van der Waals surface area contributed by atoms with Crippen LogP contribution in [0.25, 0.3) is 0 Å². The number of nitrogens with zero attached hydrogens (tertiary/aromatic N) is 2. The molecule has 0 amide bonds. The van der Waals surface area contributed by atoms with Gasteiger partial charge < -0.3 is 11.1 Å². The zero-order valence-corrected chi connectivity index (χ0v) is 9.39. The first-order chi connectivity index (χ1) is 7.83. The molecule has 1 aromatic heterocycles. The minimum absolute atomic E-state index is 0.587. The second kappa shape index (κ2) is 3.94. The average molecular weight is 218 g/mol. The second-order valence-corrected chi connectivity index (χ2v) is 4.75. The molecule has 2 aliphatic heterocycles. The molecule has 4 heteroatoms. The number of nitrogens with two attached hydrogens (primary N) is 1. The number of fused-ring (bicyclic) bond motifs is 1. The SMILES string of the molecule is Nc1cc(NC2CCN3CCCC23)ccn1. The van der Waals surface area contributed by atoms with E-state index in [-0.39, 0.29) is 0 Å². The van der Waals surface area contributed by atoms with Crippen molar-refractivity contribution in [1.29, 1.82) is 0 Å². The standard InChI is InChI=1S/C12H18N4/c13-12-8-9(3-5-14-12)15-10-4-7-16-6-1-2-11(10)16/h3,5,8,10-11H,1-2,4,6-7H2,(H3,13,14,15). The third-order valence-corrected chi connectivity index (χ3v) is 3.74. The number of pyridine rings is 1. The summed E-state index contributed by atoms with van der Waals surface area (Å²) in [7, 11) is 0. The molecule has 2 saturated heterocycles. The summed E-state index contributed by atoms with van der Waals surface area (Å²) in [4.78, 5) is 6.61. The Balaban J connectivity index is 1.71. The smallest absolute Gasteiger partial charge is 0.125 e. The predicted molar refractivity (Wildman–Crippen MR) is 65.3 cm³/mol. The van der Waals surface area contributed by atoms with E-state index in [0.29, 0.717) is 11.9 Å². The summed E-state index contributed by atoms with van der Waals surface area (Å²) < 4.78 is 0. The van der Waals surface area contributed by atoms with Gasteiger partial charge in [-0.05, 0) is 31.9 Å². The summed E-state index contributed by atoms with van der Waals surface area (Å²) >= 11 is 0. The molecular formula is C12H18N4. The molecule has 0 aromatic carbocycles. The van der Waals surface area contributed by atoms with E-state index in [1.807, 2.05) is 12.1 Å². The lowest BCUT2D eigenvalue weighted by Gasteiger charge is -2.22. The minimum atomic E-state index is 0.587. The molecule has 0 bridgehead atoms. The Morgan fingerprint density at radius 1 is 1.38 bits per heavy atom. The zero-order valence-electron chi connectivity index (χ0n) is 9.39. The molecule has 2 fully saturated rings. The summed E-state index contributed by atoms with van der Waals surface area (Å²) in [5.41, 5.74) is 6.78. The van der Waals surface area contributed by atoms with Crippen molar-refractivity contribution in [3.63, 3.8) is 0 Å². The van der Waals surface area contributed by atoms with Crippen LogP contribution in [0.3, 0.4) is 0 Å². The molecule has 0 radical (unpaired) electrons. The largest absolute Gasteiger partial charge is 0.384 e. The second-order valence-electron chi connectivity index (χ2n) is 4.75. The Morgan fingerprint density at radius 3 is 3.19 bits per heavy atom. The van der Waals surface area contributed by atoms with Crippen molar-refractivity contribution >= 4 is 11.5 Å². The van der Waals surface area contributed by atoms with Crippen LogP contribution in [-0.4, -0.2) is 35.1 Å². The Bertz CT molecular complexity index is 379. The molecule has 0 saturated carbocycles. The van der Waals surface area contributed by atoms with Crippen molar-refractivity contribution < 1.29 is 0 Å². The van der Waals surface area contributed by atoms with E-state index in [4.69, 9.17) is 5.73 Å². The molecule has 0 aliphatic carbocycles. The lowest BCUT2D eigenvalue weighted by molar-refractivity contribution is 0.318. The number of aromatic nitrogens is 1. The summed E-state index contributed by atoms with van der Waals surface area (Å²) in [5, 5.41) is 3.59. The first-order valence-corrected chi connectivity index (χ1v) is 6.05. The van der Waals surface area contributed by atoms with Gasteiger partial charge in [0.2, 0.25) is 0 Å². The van der Waals surface area contributed by atoms with Gasteiger partial charge in [0.25, 0.3) is 0 Å². The molecule has 86 valence electrons. The molecule has 1 aromatic rings. The van der Waals surface area contributed by atoms with Crippen LogP contribution in [0.2, 0.25) is 0 Å². The number of hydrogen-bond donors (Lipinski definition) is 2. The van der Waals surface area contributed by atoms with Crippen LogP contribution in [0.5, 0.6) is 0 Å². The molecule has 3 rings (SSSR count). The molecule has 0 spiro atoms. The maximum Gasteiger partial charge on any atom is 0.125 e. The van der Waals surface area contributed by atoms with Crippen LogP contribution in [0.4, 0.5) is 11.5 Å². The van der Waals surface area contributed by atoms with Gasteiger partial charge in [0.15, 0.2) is 0 Å². The fraction of sp³-hybridized carbons (Fsp3) is 0.583. The van der Waals surface area contributed by atoms with Gasteiger partial charge in [-0.3, -0.25) is 4.90 Å². The van der Waals surface area contributed by atoms with E-state index < -0.39 is 0 Å². The van der Waals surface area contributed by atoms with Crippen LogP contribution in [0.15, 0.2) is 18.3 Å². The van der Waals surface area contributed by atoms with Gasteiger partial charge in [-0.15, -0.1) is 0 Å². The number of nitrogen functional groups attached to an aromatic ring is 1. The summed E-state index contributed by atoms with van der Waals surface area (Å²) in [6, 6.07) is 5.23. The number of hydrogen-bond acceptors (Lipinski definition) is 4. The lowest BCUT2D eigenvalue weighted by Crippen LogP contribution is -2.33. The topological polar surface area (TPSA) is 54.2 Å². The highest BCUT2D eigenvalue weighted by molar-refractivity contribution is 5.50. The summed E-state index contributed by atoms with van der Waals surface area (Å²) in [5.74, 6) is 0.589. The Hall–Kier alpha value is -1.29. The Labute approximate surface area is 95.8 Å². The fourth-order valence-electron chi connectivity index (χ4n) is 3.00. The first-order valence-electron chi connectivity index (χ1n) is 6.05. The third-order valence-electron chi connectivity index (χ3n) is 3.74. The van der Waals surface area contributed by atoms with Gasteiger partial charge in [0.1, 0.15) is 5.82 Å². The van der Waals surface area contributed by atoms with Crippen LogP contribution >= 0.6 is 0 Å². The average Bonchev–Trinajstić information content (AvgIpc) is 2.83. The van der Waals surface area contributed by atoms with Crippen LogP contribution in [0.1, 0.15) is 19.3 Å². The lowest BCUT2D eigenvalue weighted by atomic mass is 10.1. The monoisotopic (exact) mass is 218 g/mol. The summed E-state index contributed by atoms with van der Waals surface area (Å²) in [6.07, 6.45) is 5.69. The van der Waals surface area contributed by atoms with Crippen molar-refractivity contribution in [3.05, 3.63) is 18.3 Å². The van der Waals surface area contributed by atoms with Gasteiger partial charge in [0.05, 0.1) is 0 Å². The number of anilines is 2. The van der Waals surface area contributed by atoms with Crippen LogP contribution in [-0.2, 0) is 0 Å². The molecular weight excluding hydrogens is 200 g/mol. The van der Waals surface area contributed by atoms with Crippen LogP contribution in [0, 0.1) is 0 Å². The number of rotatable bonds is 2. The third kappa shape index (κ3) is 1.73. The van der Waals surface area contributed by atoms with Gasteiger partial charge in [-0.2, -0.15) is 0 Å². The van der Waals surface area contributed by atoms with Gasteiger partial charge in [0, 0.05) is 36.6 Å². The zero-order chi connectivity index (χ0) is 11.0. The van der Waals surface area contributed by atoms with E-state index in [1.54, 1.807) is 6.20 Å². The van der Waals surface area contributed by atoms with Gasteiger partial charge >= 0.3 is 0 Å². The maximum atomic E-state index is 5.68. The fourth-order valence-corrected chi connectivity index (χ4v) is 3.00. The van der Waals surface area contributed by atoms with E-state index in [9.17, 15) is 0 Å². The highest BCUT2D eigenvalue weighted by Gasteiger charge is 2.36. The highest BCUT2D eigenvalue weighted by Crippen LogP contribution is 2.30. The van der Waals surface area contributed by atoms with E-state index in [0.717, 1.165) is 11.7 Å². The van der Waals surface area contributed by atoms with Crippen molar-refractivity contribution in [3.8, 4) is 0 Å². The molecule has 2 aliphatic rings. The first kappa shape index (κ1) is 9.90. The molecule has 2 atom stereocenters. The van der Waals surface area contributed by atoms with Crippen molar-refractivity contribution in [2.24, 2.45) is 0 Å². The van der Waals surface area contributed by atoms with E-state index in [2.05, 4.69) is 15.2 Å². The number of nitrogens with one attached hydrogen (secondary N) is 1. The minimum Gasteiger partial charge on any atom is -0.384 e. The van der Waals surface area contributed by atoms with Gasteiger partial charge in [-0.1, -0.05) is 0 Å². The van der Waals surface area contributed by atoms with Gasteiger partial charge in [-0.25, -0.2) is 4.98 Å². The molecule has 2 unspecified atom stereocenters. The quantitative estimate of drug-likeness (QED) is 0.786.